The van der Waals surface area contributed by atoms with Gasteiger partial charge in [0.05, 0.1) is 27.5 Å². The lowest BCUT2D eigenvalue weighted by atomic mass is 9.89. The standard InChI is InChI=1S/C25H22N4O6/c1-16-12-24(27(17(2)30)19-8-4-3-5-9-19)22-10-6-7-11-23(22)26(16)25(31)18-13-20(28(32)33)15-21(14-18)29(34)35/h3-11,13-16,24H,12H2,1-2H3/t16-,24+/m0/s1. The molecule has 1 aliphatic heterocycles. The second-order valence-electron chi connectivity index (χ2n) is 8.31. The fourth-order valence-electron chi connectivity index (χ4n) is 4.57. The van der Waals surface area contributed by atoms with Gasteiger partial charge in [0.2, 0.25) is 5.91 Å². The third-order valence-corrected chi connectivity index (χ3v) is 6.04. The molecule has 2 amide bonds. The smallest absolute Gasteiger partial charge is 0.277 e. The molecule has 2 atom stereocenters. The molecule has 0 bridgehead atoms. The molecular formula is C25H22N4O6. The first kappa shape index (κ1) is 23.6. The van der Waals surface area contributed by atoms with Crippen molar-refractivity contribution < 1.29 is 19.4 Å². The highest BCUT2D eigenvalue weighted by Crippen LogP contribution is 2.43. The molecule has 0 saturated carbocycles. The van der Waals surface area contributed by atoms with Gasteiger partial charge in [-0.25, -0.2) is 0 Å². The van der Waals surface area contributed by atoms with Gasteiger partial charge < -0.3 is 9.80 Å². The molecule has 1 aliphatic rings. The van der Waals surface area contributed by atoms with E-state index >= 15 is 0 Å². The third-order valence-electron chi connectivity index (χ3n) is 6.04. The summed E-state index contributed by atoms with van der Waals surface area (Å²) in [6.45, 7) is 3.30. The van der Waals surface area contributed by atoms with Crippen molar-refractivity contribution in [1.29, 1.82) is 0 Å². The minimum atomic E-state index is -0.766. The molecule has 4 rings (SSSR count). The molecule has 178 valence electrons. The number of carbonyl (C=O) groups excluding carboxylic acids is 2. The number of rotatable bonds is 5. The van der Waals surface area contributed by atoms with Crippen molar-refractivity contribution in [3.63, 3.8) is 0 Å². The Morgan fingerprint density at radius 3 is 2.06 bits per heavy atom. The summed E-state index contributed by atoms with van der Waals surface area (Å²) in [5.41, 5.74) is 0.768. The predicted octanol–water partition coefficient (Wildman–Crippen LogP) is 5.04. The van der Waals surface area contributed by atoms with Gasteiger partial charge in [-0.15, -0.1) is 0 Å². The van der Waals surface area contributed by atoms with Crippen molar-refractivity contribution in [1.82, 2.24) is 0 Å². The van der Waals surface area contributed by atoms with Gasteiger partial charge in [-0.05, 0) is 37.1 Å². The van der Waals surface area contributed by atoms with Crippen LogP contribution in [0.2, 0.25) is 0 Å². The van der Waals surface area contributed by atoms with E-state index in [0.717, 1.165) is 29.4 Å². The van der Waals surface area contributed by atoms with E-state index in [4.69, 9.17) is 0 Å². The van der Waals surface area contributed by atoms with Crippen molar-refractivity contribution >= 4 is 34.6 Å². The number of para-hydroxylation sites is 2. The molecule has 0 saturated heterocycles. The van der Waals surface area contributed by atoms with Crippen molar-refractivity contribution in [2.24, 2.45) is 0 Å². The number of hydrogen-bond donors (Lipinski definition) is 0. The molecule has 0 N–H and O–H groups in total. The molecule has 3 aromatic carbocycles. The van der Waals surface area contributed by atoms with E-state index in [0.29, 0.717) is 12.1 Å². The van der Waals surface area contributed by atoms with Gasteiger partial charge in [0.1, 0.15) is 0 Å². The van der Waals surface area contributed by atoms with E-state index in [1.54, 1.807) is 17.0 Å². The van der Waals surface area contributed by atoms with Gasteiger partial charge in [0.15, 0.2) is 0 Å². The minimum Gasteiger partial charge on any atom is -0.305 e. The van der Waals surface area contributed by atoms with E-state index in [1.807, 2.05) is 49.4 Å². The molecule has 10 heteroatoms. The number of benzene rings is 3. The van der Waals surface area contributed by atoms with E-state index < -0.39 is 33.2 Å². The van der Waals surface area contributed by atoms with Crippen LogP contribution in [-0.4, -0.2) is 27.7 Å². The summed E-state index contributed by atoms with van der Waals surface area (Å²) < 4.78 is 0. The lowest BCUT2D eigenvalue weighted by Gasteiger charge is -2.43. The van der Waals surface area contributed by atoms with Crippen molar-refractivity contribution in [2.75, 3.05) is 9.80 Å². The van der Waals surface area contributed by atoms with Gasteiger partial charge in [0.25, 0.3) is 17.3 Å². The van der Waals surface area contributed by atoms with Crippen LogP contribution in [0, 0.1) is 20.2 Å². The number of fused-ring (bicyclic) bond motifs is 1. The first-order chi connectivity index (χ1) is 16.7. The van der Waals surface area contributed by atoms with Crippen LogP contribution in [-0.2, 0) is 4.79 Å². The van der Waals surface area contributed by atoms with Crippen molar-refractivity contribution in [2.45, 2.75) is 32.4 Å². The van der Waals surface area contributed by atoms with Gasteiger partial charge in [-0.3, -0.25) is 29.8 Å². The van der Waals surface area contributed by atoms with Crippen molar-refractivity contribution in [3.8, 4) is 0 Å². The fourth-order valence-corrected chi connectivity index (χ4v) is 4.57. The number of amides is 2. The van der Waals surface area contributed by atoms with Gasteiger partial charge in [0, 0.05) is 36.5 Å². The van der Waals surface area contributed by atoms with E-state index in [-0.39, 0.29) is 17.5 Å². The highest BCUT2D eigenvalue weighted by Gasteiger charge is 2.38. The zero-order valence-corrected chi connectivity index (χ0v) is 19.0. The maximum Gasteiger partial charge on any atom is 0.277 e. The summed E-state index contributed by atoms with van der Waals surface area (Å²) in [6.07, 6.45) is 0.397. The first-order valence-electron chi connectivity index (χ1n) is 10.9. The summed E-state index contributed by atoms with van der Waals surface area (Å²) in [5, 5.41) is 22.7. The molecule has 0 aliphatic carbocycles. The molecular weight excluding hydrogens is 452 g/mol. The van der Waals surface area contributed by atoms with Crippen LogP contribution in [0.25, 0.3) is 0 Å². The Hall–Kier alpha value is -4.60. The predicted molar refractivity (Wildman–Crippen MR) is 129 cm³/mol. The first-order valence-corrected chi connectivity index (χ1v) is 10.9. The van der Waals surface area contributed by atoms with Crippen LogP contribution < -0.4 is 9.80 Å². The zero-order chi connectivity index (χ0) is 25.3. The van der Waals surface area contributed by atoms with Crippen LogP contribution in [0.4, 0.5) is 22.7 Å². The number of nitrogens with zero attached hydrogens (tertiary/aromatic N) is 4. The molecule has 0 unspecified atom stereocenters. The third kappa shape index (κ3) is 4.45. The fraction of sp³-hybridized carbons (Fsp3) is 0.200. The number of nitro benzene ring substituents is 2. The number of hydrogen-bond acceptors (Lipinski definition) is 6. The maximum absolute atomic E-state index is 13.6. The summed E-state index contributed by atoms with van der Waals surface area (Å²) in [5.74, 6) is -0.749. The van der Waals surface area contributed by atoms with Crippen LogP contribution >= 0.6 is 0 Å². The monoisotopic (exact) mass is 474 g/mol. The molecule has 35 heavy (non-hydrogen) atoms. The lowest BCUT2D eigenvalue weighted by Crippen LogP contribution is -2.47. The second-order valence-corrected chi connectivity index (χ2v) is 8.31. The summed E-state index contributed by atoms with van der Waals surface area (Å²) in [4.78, 5) is 50.6. The quantitative estimate of drug-likeness (QED) is 0.377. The van der Waals surface area contributed by atoms with E-state index in [2.05, 4.69) is 0 Å². The number of anilines is 2. The van der Waals surface area contributed by atoms with Crippen LogP contribution in [0.1, 0.15) is 42.2 Å². The Morgan fingerprint density at radius 2 is 1.49 bits per heavy atom. The normalized spacial score (nSPS) is 16.8. The number of carbonyl (C=O) groups is 2. The van der Waals surface area contributed by atoms with Gasteiger partial charge >= 0.3 is 0 Å². The zero-order valence-electron chi connectivity index (χ0n) is 19.0. The average Bonchev–Trinajstić information content (AvgIpc) is 2.84. The van der Waals surface area contributed by atoms with E-state index in [9.17, 15) is 29.8 Å². The number of non-ortho nitro benzene ring substituents is 2. The molecule has 0 spiro atoms. The highest BCUT2D eigenvalue weighted by molar-refractivity contribution is 6.08. The Morgan fingerprint density at radius 1 is 0.914 bits per heavy atom. The Balaban J connectivity index is 1.81. The second kappa shape index (κ2) is 9.34. The lowest BCUT2D eigenvalue weighted by molar-refractivity contribution is -0.394. The molecule has 0 radical (unpaired) electrons. The molecule has 10 nitrogen and oxygen atoms in total. The SMILES string of the molecule is CC(=O)N(c1ccccc1)[C@@H]1C[C@H](C)N(C(=O)c2cc([N+](=O)[O-])cc([N+](=O)[O-])c2)c2ccccc21. The highest BCUT2D eigenvalue weighted by atomic mass is 16.6. The molecule has 3 aromatic rings. The Labute approximate surface area is 200 Å². The van der Waals surface area contributed by atoms with Crippen LogP contribution in [0.3, 0.4) is 0 Å². The van der Waals surface area contributed by atoms with Crippen LogP contribution in [0.5, 0.6) is 0 Å². The van der Waals surface area contributed by atoms with E-state index in [1.165, 1.54) is 11.8 Å². The Kier molecular flexibility index (Phi) is 6.28. The summed E-state index contributed by atoms with van der Waals surface area (Å²) in [7, 11) is 0. The summed E-state index contributed by atoms with van der Waals surface area (Å²) in [6, 6.07) is 18.5. The van der Waals surface area contributed by atoms with Crippen LogP contribution in [0.15, 0.2) is 72.8 Å². The Bertz CT molecular complexity index is 1290. The summed E-state index contributed by atoms with van der Waals surface area (Å²) >= 11 is 0. The minimum absolute atomic E-state index is 0.155. The van der Waals surface area contributed by atoms with Gasteiger partial charge in [-0.2, -0.15) is 0 Å². The largest absolute Gasteiger partial charge is 0.305 e. The molecule has 1 heterocycles. The molecule has 0 fully saturated rings. The maximum atomic E-state index is 13.6. The molecule has 0 aromatic heterocycles. The van der Waals surface area contributed by atoms with Gasteiger partial charge in [-0.1, -0.05) is 36.4 Å². The van der Waals surface area contributed by atoms with Crippen molar-refractivity contribution in [3.05, 3.63) is 104 Å². The average molecular weight is 474 g/mol. The topological polar surface area (TPSA) is 127 Å². The number of nitro groups is 2.